The average molecular weight is 398 g/mol. The highest BCUT2D eigenvalue weighted by Crippen LogP contribution is 2.27. The second kappa shape index (κ2) is 10.1. The number of likely N-dealkylation sites (tertiary alicyclic amines) is 1. The fraction of sp³-hybridized carbons (Fsp3) is 0.478. The van der Waals surface area contributed by atoms with Crippen LogP contribution >= 0.6 is 0 Å². The van der Waals surface area contributed by atoms with Crippen molar-refractivity contribution in [3.8, 4) is 11.5 Å². The highest BCUT2D eigenvalue weighted by Gasteiger charge is 2.26. The Labute approximate surface area is 173 Å². The van der Waals surface area contributed by atoms with Crippen molar-refractivity contribution in [2.24, 2.45) is 0 Å². The molecular weight excluding hydrogens is 366 g/mol. The Morgan fingerprint density at radius 1 is 1.17 bits per heavy atom. The van der Waals surface area contributed by atoms with E-state index in [2.05, 4.69) is 17.2 Å². The van der Waals surface area contributed by atoms with Gasteiger partial charge in [0.15, 0.2) is 11.5 Å². The van der Waals surface area contributed by atoms with E-state index in [0.717, 1.165) is 61.5 Å². The number of rotatable bonds is 8. The molecule has 0 radical (unpaired) electrons. The first-order valence-electron chi connectivity index (χ1n) is 10.4. The van der Waals surface area contributed by atoms with E-state index in [1.165, 1.54) is 6.42 Å². The summed E-state index contributed by atoms with van der Waals surface area (Å²) in [6.07, 6.45) is 6.97. The van der Waals surface area contributed by atoms with Crippen LogP contribution in [-0.2, 0) is 6.42 Å². The van der Waals surface area contributed by atoms with Gasteiger partial charge < -0.3 is 19.7 Å². The molecule has 0 bridgehead atoms. The van der Waals surface area contributed by atoms with Crippen molar-refractivity contribution in [3.05, 3.63) is 47.8 Å². The predicted molar refractivity (Wildman–Crippen MR) is 115 cm³/mol. The summed E-state index contributed by atoms with van der Waals surface area (Å²) >= 11 is 0. The molecule has 1 N–H and O–H groups in total. The molecule has 3 rings (SSSR count). The van der Waals surface area contributed by atoms with Crippen LogP contribution < -0.4 is 14.8 Å². The zero-order valence-electron chi connectivity index (χ0n) is 17.6. The van der Waals surface area contributed by atoms with Crippen LogP contribution in [0.1, 0.15) is 48.7 Å². The Balaban J connectivity index is 1.55. The van der Waals surface area contributed by atoms with Crippen molar-refractivity contribution >= 4 is 11.6 Å². The predicted octanol–water partition coefficient (Wildman–Crippen LogP) is 4.16. The number of methoxy groups -OCH3 is 2. The van der Waals surface area contributed by atoms with Crippen LogP contribution in [0.3, 0.4) is 0 Å². The minimum atomic E-state index is 0.0495. The van der Waals surface area contributed by atoms with Crippen LogP contribution in [0.25, 0.3) is 0 Å². The van der Waals surface area contributed by atoms with E-state index in [4.69, 9.17) is 9.47 Å². The molecule has 1 fully saturated rings. The van der Waals surface area contributed by atoms with E-state index >= 15 is 0 Å². The molecule has 1 amide bonds. The van der Waals surface area contributed by atoms with Gasteiger partial charge in [-0.05, 0) is 61.9 Å². The Bertz CT molecular complexity index is 808. The van der Waals surface area contributed by atoms with E-state index in [9.17, 15) is 4.79 Å². The van der Waals surface area contributed by atoms with Crippen molar-refractivity contribution < 1.29 is 14.3 Å². The van der Waals surface area contributed by atoms with Crippen LogP contribution in [0, 0.1) is 0 Å². The first-order valence-corrected chi connectivity index (χ1v) is 10.4. The molecule has 2 aromatic rings. The third-order valence-corrected chi connectivity index (χ3v) is 5.53. The third kappa shape index (κ3) is 5.19. The highest BCUT2D eigenvalue weighted by atomic mass is 16.5. The van der Waals surface area contributed by atoms with Gasteiger partial charge in [0.1, 0.15) is 5.69 Å². The number of aromatic nitrogens is 1. The van der Waals surface area contributed by atoms with E-state index < -0.39 is 0 Å². The fourth-order valence-electron chi connectivity index (χ4n) is 3.85. The number of hydrogen-bond acceptors (Lipinski definition) is 5. The molecule has 6 heteroatoms. The van der Waals surface area contributed by atoms with Gasteiger partial charge in [0.25, 0.3) is 5.91 Å². The van der Waals surface area contributed by atoms with Crippen LogP contribution in [0.2, 0.25) is 0 Å². The molecule has 1 aromatic heterocycles. The van der Waals surface area contributed by atoms with Gasteiger partial charge in [-0.15, -0.1) is 0 Å². The van der Waals surface area contributed by atoms with Gasteiger partial charge in [-0.3, -0.25) is 4.79 Å². The summed E-state index contributed by atoms with van der Waals surface area (Å²) in [6.45, 7) is 3.74. The van der Waals surface area contributed by atoms with Crippen LogP contribution in [0.15, 0.2) is 36.5 Å². The molecule has 156 valence electrons. The lowest BCUT2D eigenvalue weighted by atomic mass is 9.99. The Morgan fingerprint density at radius 2 is 2.00 bits per heavy atom. The maximum atomic E-state index is 12.8. The minimum Gasteiger partial charge on any atom is -0.493 e. The Kier molecular flexibility index (Phi) is 7.33. The number of carbonyl (C=O) groups excluding carboxylic acids is 1. The lowest BCUT2D eigenvalue weighted by molar-refractivity contribution is 0.0602. The smallest absolute Gasteiger partial charge is 0.272 e. The van der Waals surface area contributed by atoms with Gasteiger partial charge in [-0.25, -0.2) is 4.98 Å². The summed E-state index contributed by atoms with van der Waals surface area (Å²) in [6, 6.07) is 10.0. The van der Waals surface area contributed by atoms with Gasteiger partial charge in [-0.1, -0.05) is 13.0 Å². The molecule has 1 atom stereocenters. The van der Waals surface area contributed by atoms with Crippen LogP contribution in [-0.4, -0.2) is 49.1 Å². The first-order chi connectivity index (χ1) is 14.2. The highest BCUT2D eigenvalue weighted by molar-refractivity contribution is 5.92. The van der Waals surface area contributed by atoms with Crippen LogP contribution in [0.4, 0.5) is 5.69 Å². The van der Waals surface area contributed by atoms with Crippen molar-refractivity contribution in [3.63, 3.8) is 0 Å². The van der Waals surface area contributed by atoms with Gasteiger partial charge >= 0.3 is 0 Å². The molecule has 0 spiro atoms. The number of pyridine rings is 1. The second-order valence-corrected chi connectivity index (χ2v) is 7.35. The van der Waals surface area contributed by atoms with E-state index in [0.29, 0.717) is 11.7 Å². The maximum absolute atomic E-state index is 12.8. The van der Waals surface area contributed by atoms with Crippen molar-refractivity contribution in [2.45, 2.75) is 45.1 Å². The zero-order valence-corrected chi connectivity index (χ0v) is 17.6. The fourth-order valence-corrected chi connectivity index (χ4v) is 3.85. The quantitative estimate of drug-likeness (QED) is 0.725. The molecule has 1 aromatic carbocycles. The average Bonchev–Trinajstić information content (AvgIpc) is 2.78. The van der Waals surface area contributed by atoms with Crippen molar-refractivity contribution in [2.75, 3.05) is 32.6 Å². The third-order valence-electron chi connectivity index (χ3n) is 5.53. The summed E-state index contributed by atoms with van der Waals surface area (Å²) in [5, 5.41) is 3.37. The van der Waals surface area contributed by atoms with E-state index in [-0.39, 0.29) is 5.91 Å². The van der Waals surface area contributed by atoms with Gasteiger partial charge in [-0.2, -0.15) is 0 Å². The normalized spacial score (nSPS) is 16.4. The number of carbonyl (C=O) groups is 1. The Hall–Kier alpha value is -2.76. The summed E-state index contributed by atoms with van der Waals surface area (Å²) in [5.41, 5.74) is 2.59. The molecule has 0 aliphatic carbocycles. The number of benzene rings is 1. The molecule has 6 nitrogen and oxygen atoms in total. The molecule has 2 heterocycles. The number of nitrogens with one attached hydrogen (secondary N) is 1. The SMILES string of the molecule is CCC1CCCCN1C(=O)c1ccc(NCCc2ccc(OC)c(OC)c2)cn1. The standard InChI is InChI=1S/C23H31N3O3/c1-4-19-7-5-6-14-26(19)23(27)20-10-9-18(16-25-20)24-13-12-17-8-11-21(28-2)22(15-17)29-3/h8-11,15-16,19,24H,4-7,12-14H2,1-3H3. The Morgan fingerprint density at radius 3 is 2.69 bits per heavy atom. The van der Waals surface area contributed by atoms with Crippen LogP contribution in [0.5, 0.6) is 11.5 Å². The number of nitrogens with zero attached hydrogens (tertiary/aromatic N) is 2. The van der Waals surface area contributed by atoms with Crippen molar-refractivity contribution in [1.29, 1.82) is 0 Å². The maximum Gasteiger partial charge on any atom is 0.272 e. The van der Waals surface area contributed by atoms with Gasteiger partial charge in [0, 0.05) is 19.1 Å². The second-order valence-electron chi connectivity index (χ2n) is 7.35. The monoisotopic (exact) mass is 397 g/mol. The van der Waals surface area contributed by atoms with Gasteiger partial charge in [0.05, 0.1) is 26.1 Å². The number of hydrogen-bond donors (Lipinski definition) is 1. The summed E-state index contributed by atoms with van der Waals surface area (Å²) in [7, 11) is 3.27. The summed E-state index contributed by atoms with van der Waals surface area (Å²) in [5.74, 6) is 1.51. The summed E-state index contributed by atoms with van der Waals surface area (Å²) in [4.78, 5) is 19.2. The number of ether oxygens (including phenoxy) is 2. The largest absolute Gasteiger partial charge is 0.493 e. The van der Waals surface area contributed by atoms with Gasteiger partial charge in [0.2, 0.25) is 0 Å². The van der Waals surface area contributed by atoms with Crippen molar-refractivity contribution in [1.82, 2.24) is 9.88 Å². The number of amides is 1. The molecule has 0 saturated carbocycles. The molecule has 1 saturated heterocycles. The zero-order chi connectivity index (χ0) is 20.6. The topological polar surface area (TPSA) is 63.7 Å². The molecular formula is C23H31N3O3. The molecule has 1 unspecified atom stereocenters. The number of piperidine rings is 1. The molecule has 1 aliphatic rings. The number of anilines is 1. The summed E-state index contributed by atoms with van der Waals surface area (Å²) < 4.78 is 10.6. The molecule has 29 heavy (non-hydrogen) atoms. The van der Waals surface area contributed by atoms with E-state index in [1.54, 1.807) is 20.4 Å². The lowest BCUT2D eigenvalue weighted by Crippen LogP contribution is -2.43. The first kappa shape index (κ1) is 21.0. The van der Waals surface area contributed by atoms with E-state index in [1.807, 2.05) is 35.2 Å². The lowest BCUT2D eigenvalue weighted by Gasteiger charge is -2.35. The minimum absolute atomic E-state index is 0.0495. The molecule has 1 aliphatic heterocycles.